The van der Waals surface area contributed by atoms with Crippen LogP contribution in [0, 0.1) is 6.92 Å². The highest BCUT2D eigenvalue weighted by Gasteiger charge is 2.27. The zero-order valence-electron chi connectivity index (χ0n) is 12.4. The summed E-state index contributed by atoms with van der Waals surface area (Å²) in [7, 11) is 0. The third-order valence-corrected chi connectivity index (χ3v) is 3.58. The largest absolute Gasteiger partial charge is 0.466 e. The highest BCUT2D eigenvalue weighted by Crippen LogP contribution is 2.21. The molecule has 0 spiro atoms. The normalized spacial score (nSPS) is 14.0. The van der Waals surface area contributed by atoms with Crippen LogP contribution in [0.2, 0.25) is 0 Å². The van der Waals surface area contributed by atoms with Crippen molar-refractivity contribution in [2.75, 3.05) is 6.54 Å². The van der Waals surface area contributed by atoms with Gasteiger partial charge < -0.3 is 14.8 Å². The summed E-state index contributed by atoms with van der Waals surface area (Å²) in [5.74, 6) is 0.133. The minimum atomic E-state index is -1.27. The minimum absolute atomic E-state index is 0.0446. The Kier molecular flexibility index (Phi) is 3.46. The smallest absolute Gasteiger partial charge is 0.253 e. The fourth-order valence-corrected chi connectivity index (χ4v) is 2.41. The number of aromatic amines is 1. The number of nitrogens with zero attached hydrogens (tertiary/aromatic N) is 1. The molecular weight excluding hydrogens is 282 g/mol. The molecule has 1 aromatic carbocycles. The molecule has 0 saturated carbocycles. The molecule has 3 aromatic rings. The quantitative estimate of drug-likeness (QED) is 0.688. The van der Waals surface area contributed by atoms with Crippen LogP contribution in [0.1, 0.15) is 28.6 Å². The molecular formula is C16H17N3O3. The minimum Gasteiger partial charge on any atom is -0.466 e. The van der Waals surface area contributed by atoms with Crippen LogP contribution in [-0.4, -0.2) is 27.8 Å². The molecule has 0 radical (unpaired) electrons. The van der Waals surface area contributed by atoms with Crippen molar-refractivity contribution in [2.24, 2.45) is 0 Å². The Morgan fingerprint density at radius 2 is 2.32 bits per heavy atom. The maximum Gasteiger partial charge on any atom is 0.253 e. The first kappa shape index (κ1) is 14.3. The van der Waals surface area contributed by atoms with E-state index in [1.54, 1.807) is 31.3 Å². The van der Waals surface area contributed by atoms with Crippen LogP contribution in [0.4, 0.5) is 0 Å². The van der Waals surface area contributed by atoms with Gasteiger partial charge in [-0.05, 0) is 43.7 Å². The zero-order chi connectivity index (χ0) is 15.7. The molecule has 0 aliphatic heterocycles. The number of aromatic nitrogens is 2. The number of aryl methyl sites for hydroxylation is 1. The van der Waals surface area contributed by atoms with Gasteiger partial charge in [0.1, 0.15) is 11.4 Å². The first-order valence-corrected chi connectivity index (χ1v) is 6.96. The van der Waals surface area contributed by atoms with E-state index in [1.165, 1.54) is 6.26 Å². The number of benzene rings is 1. The van der Waals surface area contributed by atoms with Crippen molar-refractivity contribution in [3.63, 3.8) is 0 Å². The molecule has 22 heavy (non-hydrogen) atoms. The van der Waals surface area contributed by atoms with Gasteiger partial charge in [-0.2, -0.15) is 5.10 Å². The lowest BCUT2D eigenvalue weighted by Crippen LogP contribution is -2.38. The second kappa shape index (κ2) is 5.31. The van der Waals surface area contributed by atoms with Gasteiger partial charge in [0.25, 0.3) is 5.91 Å². The number of aliphatic hydroxyl groups is 1. The zero-order valence-corrected chi connectivity index (χ0v) is 12.4. The fraction of sp³-hybridized carbons (Fsp3) is 0.250. The predicted molar refractivity (Wildman–Crippen MR) is 81.4 cm³/mol. The van der Waals surface area contributed by atoms with E-state index < -0.39 is 5.60 Å². The van der Waals surface area contributed by atoms with Gasteiger partial charge in [0.15, 0.2) is 0 Å². The molecule has 0 aliphatic carbocycles. The monoisotopic (exact) mass is 299 g/mol. The number of hydrogen-bond acceptors (Lipinski definition) is 4. The summed E-state index contributed by atoms with van der Waals surface area (Å²) in [6, 6.07) is 7.11. The fourth-order valence-electron chi connectivity index (χ4n) is 2.41. The number of carbonyl (C=O) groups is 1. The van der Waals surface area contributed by atoms with Crippen molar-refractivity contribution in [3.8, 4) is 0 Å². The molecule has 6 heteroatoms. The Morgan fingerprint density at radius 3 is 3.05 bits per heavy atom. The maximum absolute atomic E-state index is 12.4. The molecule has 1 amide bonds. The number of hydrogen-bond donors (Lipinski definition) is 3. The molecule has 0 aliphatic rings. The Balaban J connectivity index is 1.81. The van der Waals surface area contributed by atoms with Crippen LogP contribution in [0.15, 0.2) is 41.1 Å². The number of furan rings is 1. The summed E-state index contributed by atoms with van der Waals surface area (Å²) < 4.78 is 5.20. The van der Waals surface area contributed by atoms with Gasteiger partial charge in [0.2, 0.25) is 0 Å². The Morgan fingerprint density at radius 1 is 1.50 bits per heavy atom. The van der Waals surface area contributed by atoms with Crippen molar-refractivity contribution in [2.45, 2.75) is 19.4 Å². The highest BCUT2D eigenvalue weighted by atomic mass is 16.4. The van der Waals surface area contributed by atoms with E-state index in [0.29, 0.717) is 16.8 Å². The van der Waals surface area contributed by atoms with Crippen molar-refractivity contribution in [1.82, 2.24) is 15.5 Å². The summed E-state index contributed by atoms with van der Waals surface area (Å²) in [5, 5.41) is 20.8. The first-order chi connectivity index (χ1) is 10.5. The number of H-pyrrole nitrogens is 1. The summed E-state index contributed by atoms with van der Waals surface area (Å²) in [6.07, 6.45) is 3.17. The van der Waals surface area contributed by atoms with Gasteiger partial charge in [-0.15, -0.1) is 0 Å². The van der Waals surface area contributed by atoms with Crippen LogP contribution in [0.25, 0.3) is 10.9 Å². The van der Waals surface area contributed by atoms with E-state index in [0.717, 1.165) is 10.9 Å². The second-order valence-electron chi connectivity index (χ2n) is 5.58. The maximum atomic E-state index is 12.4. The Bertz CT molecular complexity index is 803. The first-order valence-electron chi connectivity index (χ1n) is 6.96. The average molecular weight is 299 g/mol. The van der Waals surface area contributed by atoms with Gasteiger partial charge in [0, 0.05) is 5.39 Å². The lowest BCUT2D eigenvalue weighted by molar-refractivity contribution is 0.0330. The molecule has 2 heterocycles. The van der Waals surface area contributed by atoms with Crippen LogP contribution in [-0.2, 0) is 5.60 Å². The lowest BCUT2D eigenvalue weighted by atomic mass is 10.0. The second-order valence-corrected chi connectivity index (χ2v) is 5.58. The van der Waals surface area contributed by atoms with Crippen molar-refractivity contribution in [3.05, 3.63) is 53.6 Å². The van der Waals surface area contributed by atoms with E-state index >= 15 is 0 Å². The number of fused-ring (bicyclic) bond motifs is 1. The molecule has 1 atom stereocenters. The molecule has 6 nitrogen and oxygen atoms in total. The molecule has 1 unspecified atom stereocenters. The van der Waals surface area contributed by atoms with Gasteiger partial charge in [-0.3, -0.25) is 9.89 Å². The van der Waals surface area contributed by atoms with Crippen molar-refractivity contribution in [1.29, 1.82) is 0 Å². The molecule has 114 valence electrons. The number of carbonyl (C=O) groups excluding carboxylic acids is 1. The van der Waals surface area contributed by atoms with Crippen LogP contribution < -0.4 is 5.32 Å². The number of amides is 1. The molecule has 2 aromatic heterocycles. The third kappa shape index (κ3) is 2.60. The summed E-state index contributed by atoms with van der Waals surface area (Å²) >= 11 is 0. The van der Waals surface area contributed by atoms with E-state index in [2.05, 4.69) is 15.5 Å². The lowest BCUT2D eigenvalue weighted by Gasteiger charge is -2.21. The highest BCUT2D eigenvalue weighted by molar-refractivity contribution is 6.05. The standard InChI is InChI=1S/C16H17N3O3/c1-10-6-11-8-18-19-14(11)12(7-10)15(20)17-9-16(2,21)13-4-3-5-22-13/h3-8,21H,9H2,1-2H3,(H,17,20)(H,18,19). The van der Waals surface area contributed by atoms with Crippen LogP contribution in [0.3, 0.4) is 0 Å². The van der Waals surface area contributed by atoms with Crippen molar-refractivity contribution >= 4 is 16.8 Å². The Labute approximate surface area is 127 Å². The van der Waals surface area contributed by atoms with Crippen LogP contribution in [0.5, 0.6) is 0 Å². The Hall–Kier alpha value is -2.60. The van der Waals surface area contributed by atoms with Gasteiger partial charge in [-0.1, -0.05) is 0 Å². The average Bonchev–Trinajstić information content (AvgIpc) is 3.14. The number of nitrogens with one attached hydrogen (secondary N) is 2. The van der Waals surface area contributed by atoms with Gasteiger partial charge in [-0.25, -0.2) is 0 Å². The van der Waals surface area contributed by atoms with Gasteiger partial charge >= 0.3 is 0 Å². The molecule has 0 saturated heterocycles. The van der Waals surface area contributed by atoms with E-state index in [-0.39, 0.29) is 12.5 Å². The molecule has 3 rings (SSSR count). The summed E-state index contributed by atoms with van der Waals surface area (Å²) in [4.78, 5) is 12.4. The van der Waals surface area contributed by atoms with Gasteiger partial charge in [0.05, 0.1) is 30.1 Å². The third-order valence-electron chi connectivity index (χ3n) is 3.58. The summed E-state index contributed by atoms with van der Waals surface area (Å²) in [6.45, 7) is 3.55. The van der Waals surface area contributed by atoms with E-state index in [4.69, 9.17) is 4.42 Å². The molecule has 0 bridgehead atoms. The predicted octanol–water partition coefficient (Wildman–Crippen LogP) is 2.10. The van der Waals surface area contributed by atoms with Crippen LogP contribution >= 0.6 is 0 Å². The molecule has 3 N–H and O–H groups in total. The van der Waals surface area contributed by atoms with E-state index in [9.17, 15) is 9.90 Å². The topological polar surface area (TPSA) is 91.1 Å². The van der Waals surface area contributed by atoms with E-state index in [1.807, 2.05) is 13.0 Å². The van der Waals surface area contributed by atoms with Crippen molar-refractivity contribution < 1.29 is 14.3 Å². The summed E-state index contributed by atoms with van der Waals surface area (Å²) in [5.41, 5.74) is 0.885. The molecule has 0 fully saturated rings. The SMILES string of the molecule is Cc1cc(C(=O)NCC(C)(O)c2ccco2)c2[nH]ncc2c1. The number of rotatable bonds is 4.